The van der Waals surface area contributed by atoms with E-state index in [1.807, 2.05) is 54.6 Å². The van der Waals surface area contributed by atoms with E-state index in [4.69, 9.17) is 0 Å². The minimum Gasteiger partial charge on any atom is -0.350 e. The molecule has 0 saturated heterocycles. The first kappa shape index (κ1) is 17.2. The number of carbonyl (C=O) groups excluding carboxylic acids is 1. The molecule has 1 saturated carbocycles. The van der Waals surface area contributed by atoms with Crippen molar-refractivity contribution >= 4 is 5.91 Å². The summed E-state index contributed by atoms with van der Waals surface area (Å²) in [6, 6.07) is 19.2. The van der Waals surface area contributed by atoms with Gasteiger partial charge in [0.25, 0.3) is 11.5 Å². The van der Waals surface area contributed by atoms with Gasteiger partial charge in [-0.2, -0.15) is 0 Å². The fourth-order valence-electron chi connectivity index (χ4n) is 3.05. The molecule has 1 fully saturated rings. The van der Waals surface area contributed by atoms with E-state index in [1.54, 1.807) is 12.4 Å². The normalized spacial score (nSPS) is 13.3. The van der Waals surface area contributed by atoms with Gasteiger partial charge in [0, 0.05) is 30.6 Å². The Hall–Kier alpha value is -3.21. The van der Waals surface area contributed by atoms with Crippen LogP contribution in [0.4, 0.5) is 0 Å². The monoisotopic (exact) mass is 359 g/mol. The Labute approximate surface area is 157 Å². The highest BCUT2D eigenvalue weighted by atomic mass is 16.1. The van der Waals surface area contributed by atoms with Crippen LogP contribution in [0.25, 0.3) is 11.1 Å². The number of hydrogen-bond donors (Lipinski definition) is 1. The molecule has 1 amide bonds. The van der Waals surface area contributed by atoms with Crippen LogP contribution in [0.15, 0.2) is 71.8 Å². The van der Waals surface area contributed by atoms with Crippen LogP contribution in [0.5, 0.6) is 0 Å². The molecule has 0 bridgehead atoms. The maximum Gasteiger partial charge on any atom is 0.253 e. The summed E-state index contributed by atoms with van der Waals surface area (Å²) >= 11 is 0. The van der Waals surface area contributed by atoms with Crippen molar-refractivity contribution in [3.63, 3.8) is 0 Å². The third-order valence-electron chi connectivity index (χ3n) is 4.79. The molecule has 0 spiro atoms. The quantitative estimate of drug-likeness (QED) is 0.735. The van der Waals surface area contributed by atoms with E-state index in [0.717, 1.165) is 29.7 Å². The van der Waals surface area contributed by atoms with Crippen LogP contribution in [0.1, 0.15) is 34.8 Å². The summed E-state index contributed by atoms with van der Waals surface area (Å²) in [5.74, 6) is 0.316. The molecular formula is C22H21N3O2. The lowest BCUT2D eigenvalue weighted by atomic mass is 10.0. The molecule has 0 radical (unpaired) electrons. The Balaban J connectivity index is 1.33. The van der Waals surface area contributed by atoms with Crippen molar-refractivity contribution in [2.45, 2.75) is 25.3 Å². The third-order valence-corrected chi connectivity index (χ3v) is 4.79. The van der Waals surface area contributed by atoms with Gasteiger partial charge >= 0.3 is 0 Å². The summed E-state index contributed by atoms with van der Waals surface area (Å²) in [7, 11) is 0. The summed E-state index contributed by atoms with van der Waals surface area (Å²) in [6.07, 6.45) is 3.82. The highest BCUT2D eigenvalue weighted by Gasteiger charge is 2.25. The van der Waals surface area contributed by atoms with Gasteiger partial charge in [-0.1, -0.05) is 42.5 Å². The van der Waals surface area contributed by atoms with Gasteiger partial charge in [0.1, 0.15) is 0 Å². The van der Waals surface area contributed by atoms with Crippen molar-refractivity contribution in [2.75, 3.05) is 6.54 Å². The van der Waals surface area contributed by atoms with E-state index >= 15 is 0 Å². The molecule has 1 aromatic heterocycles. The molecule has 1 N–H and O–H groups in total. The number of carbonyl (C=O) groups is 1. The average molecular weight is 359 g/mol. The van der Waals surface area contributed by atoms with E-state index in [1.165, 1.54) is 4.57 Å². The van der Waals surface area contributed by atoms with Crippen LogP contribution in [-0.2, 0) is 6.54 Å². The zero-order valence-electron chi connectivity index (χ0n) is 15.0. The van der Waals surface area contributed by atoms with E-state index in [9.17, 15) is 9.59 Å². The minimum absolute atomic E-state index is 0.0617. The second-order valence-electron chi connectivity index (χ2n) is 6.82. The summed E-state index contributed by atoms with van der Waals surface area (Å²) in [4.78, 5) is 28.8. The van der Waals surface area contributed by atoms with Gasteiger partial charge in [0.15, 0.2) is 0 Å². The number of amides is 1. The van der Waals surface area contributed by atoms with E-state index in [2.05, 4.69) is 10.3 Å². The van der Waals surface area contributed by atoms with Gasteiger partial charge in [-0.15, -0.1) is 0 Å². The van der Waals surface area contributed by atoms with E-state index in [0.29, 0.717) is 24.6 Å². The van der Waals surface area contributed by atoms with Crippen LogP contribution in [0.3, 0.4) is 0 Å². The Morgan fingerprint density at radius 2 is 1.74 bits per heavy atom. The van der Waals surface area contributed by atoms with Gasteiger partial charge < -0.3 is 5.32 Å². The van der Waals surface area contributed by atoms with Crippen LogP contribution in [0, 0.1) is 0 Å². The molecule has 0 unspecified atom stereocenters. The molecule has 5 nitrogen and oxygen atoms in total. The lowest BCUT2D eigenvalue weighted by molar-refractivity contribution is 0.0952. The predicted molar refractivity (Wildman–Crippen MR) is 105 cm³/mol. The highest BCUT2D eigenvalue weighted by Crippen LogP contribution is 2.38. The molecule has 1 aliphatic carbocycles. The van der Waals surface area contributed by atoms with Gasteiger partial charge in [-0.05, 0) is 36.1 Å². The number of benzene rings is 2. The SMILES string of the molecule is O=C(NCCn1cnc(C2CC2)cc1=O)c1ccc(-c2ccccc2)cc1. The van der Waals surface area contributed by atoms with E-state index < -0.39 is 0 Å². The fraction of sp³-hybridized carbons (Fsp3) is 0.227. The number of hydrogen-bond acceptors (Lipinski definition) is 3. The summed E-state index contributed by atoms with van der Waals surface area (Å²) in [5, 5.41) is 2.86. The standard InChI is InChI=1S/C22H21N3O2/c26-21-14-20(18-8-9-18)24-15-25(21)13-12-23-22(27)19-10-6-17(7-11-19)16-4-2-1-3-5-16/h1-7,10-11,14-15,18H,8-9,12-13H2,(H,23,27). The molecule has 136 valence electrons. The summed E-state index contributed by atoms with van der Waals surface area (Å²) < 4.78 is 1.53. The average Bonchev–Trinajstić information content (AvgIpc) is 3.55. The Bertz CT molecular complexity index is 990. The number of nitrogens with zero attached hydrogens (tertiary/aromatic N) is 2. The Kier molecular flexibility index (Phi) is 4.83. The largest absolute Gasteiger partial charge is 0.350 e. The van der Waals surface area contributed by atoms with Crippen molar-refractivity contribution in [1.29, 1.82) is 0 Å². The first-order valence-electron chi connectivity index (χ1n) is 9.21. The lowest BCUT2D eigenvalue weighted by Crippen LogP contribution is -2.31. The molecular weight excluding hydrogens is 338 g/mol. The van der Waals surface area contributed by atoms with Gasteiger partial charge in [-0.25, -0.2) is 4.98 Å². The van der Waals surface area contributed by atoms with Crippen molar-refractivity contribution in [3.05, 3.63) is 88.6 Å². The van der Waals surface area contributed by atoms with Gasteiger partial charge in [0.05, 0.1) is 12.0 Å². The number of nitrogens with one attached hydrogen (secondary N) is 1. The minimum atomic E-state index is -0.148. The molecule has 4 rings (SSSR count). The fourth-order valence-corrected chi connectivity index (χ4v) is 3.05. The van der Waals surface area contributed by atoms with Crippen LogP contribution >= 0.6 is 0 Å². The van der Waals surface area contributed by atoms with Gasteiger partial charge in [-0.3, -0.25) is 14.2 Å². The van der Waals surface area contributed by atoms with E-state index in [-0.39, 0.29) is 11.5 Å². The van der Waals surface area contributed by atoms with Crippen molar-refractivity contribution in [1.82, 2.24) is 14.9 Å². The Morgan fingerprint density at radius 3 is 2.41 bits per heavy atom. The lowest BCUT2D eigenvalue weighted by Gasteiger charge is -2.08. The third kappa shape index (κ3) is 4.14. The molecule has 2 aromatic carbocycles. The summed E-state index contributed by atoms with van der Waals surface area (Å²) in [5.41, 5.74) is 3.61. The first-order valence-corrected chi connectivity index (χ1v) is 9.21. The molecule has 5 heteroatoms. The van der Waals surface area contributed by atoms with Crippen LogP contribution in [0.2, 0.25) is 0 Å². The molecule has 1 heterocycles. The zero-order chi connectivity index (χ0) is 18.6. The maximum atomic E-state index is 12.3. The molecule has 0 aliphatic heterocycles. The Morgan fingerprint density at radius 1 is 1.04 bits per heavy atom. The van der Waals surface area contributed by atoms with Crippen molar-refractivity contribution in [3.8, 4) is 11.1 Å². The predicted octanol–water partition coefficient (Wildman–Crippen LogP) is 3.22. The van der Waals surface area contributed by atoms with Crippen LogP contribution in [-0.4, -0.2) is 22.0 Å². The highest BCUT2D eigenvalue weighted by molar-refractivity contribution is 5.94. The first-order chi connectivity index (χ1) is 13.2. The maximum absolute atomic E-state index is 12.3. The number of rotatable bonds is 6. The molecule has 3 aromatic rings. The molecule has 0 atom stereocenters. The van der Waals surface area contributed by atoms with Gasteiger partial charge in [0.2, 0.25) is 0 Å². The zero-order valence-corrected chi connectivity index (χ0v) is 15.0. The smallest absolute Gasteiger partial charge is 0.253 e. The summed E-state index contributed by atoms with van der Waals surface area (Å²) in [6.45, 7) is 0.786. The molecule has 27 heavy (non-hydrogen) atoms. The van der Waals surface area contributed by atoms with Crippen molar-refractivity contribution < 1.29 is 4.79 Å². The molecule has 1 aliphatic rings. The number of aromatic nitrogens is 2. The van der Waals surface area contributed by atoms with Crippen LogP contribution < -0.4 is 10.9 Å². The second kappa shape index (κ2) is 7.58. The van der Waals surface area contributed by atoms with Crippen molar-refractivity contribution in [2.24, 2.45) is 0 Å². The topological polar surface area (TPSA) is 64.0 Å². The second-order valence-corrected chi connectivity index (χ2v) is 6.82.